The largest absolute Gasteiger partial charge is 0.298 e. The first-order chi connectivity index (χ1) is 7.77. The van der Waals surface area contributed by atoms with Gasteiger partial charge in [-0.1, -0.05) is 18.5 Å². The smallest absolute Gasteiger partial charge is 0.158 e. The molecule has 0 saturated carbocycles. The van der Waals surface area contributed by atoms with Crippen molar-refractivity contribution in [3.63, 3.8) is 0 Å². The van der Waals surface area contributed by atoms with E-state index in [1.807, 2.05) is 6.92 Å². The molecule has 0 saturated heterocycles. The van der Waals surface area contributed by atoms with Crippen molar-refractivity contribution < 1.29 is 4.79 Å². The number of nitrogens with zero attached hydrogens (tertiary/aromatic N) is 4. The zero-order valence-electron chi connectivity index (χ0n) is 8.59. The zero-order valence-corrected chi connectivity index (χ0v) is 9.35. The Kier molecular flexibility index (Phi) is 2.96. The summed E-state index contributed by atoms with van der Waals surface area (Å²) in [6, 6.07) is 1.67. The minimum atomic E-state index is 0.283. The summed E-state index contributed by atoms with van der Waals surface area (Å²) in [7, 11) is 0. The van der Waals surface area contributed by atoms with Crippen LogP contribution in [0, 0.1) is 0 Å². The fourth-order valence-electron chi connectivity index (χ4n) is 1.39. The Morgan fingerprint density at radius 1 is 1.56 bits per heavy atom. The van der Waals surface area contributed by atoms with Crippen molar-refractivity contribution in [1.29, 1.82) is 0 Å². The molecule has 5 nitrogen and oxygen atoms in total. The van der Waals surface area contributed by atoms with Gasteiger partial charge in [-0.25, -0.2) is 14.6 Å². The number of halogens is 1. The van der Waals surface area contributed by atoms with Crippen molar-refractivity contribution >= 4 is 17.9 Å². The number of carbonyl (C=O) groups excluding carboxylic acids is 1. The number of carbonyl (C=O) groups is 1. The predicted octanol–water partition coefficient (Wildman–Crippen LogP) is 1.69. The average molecular weight is 237 g/mol. The second kappa shape index (κ2) is 4.40. The molecule has 2 aromatic heterocycles. The third-order valence-electron chi connectivity index (χ3n) is 2.18. The van der Waals surface area contributed by atoms with Crippen molar-refractivity contribution in [2.24, 2.45) is 0 Å². The summed E-state index contributed by atoms with van der Waals surface area (Å²) in [5.41, 5.74) is 1.08. The topological polar surface area (TPSA) is 60.7 Å². The van der Waals surface area contributed by atoms with Crippen LogP contribution in [0.5, 0.6) is 0 Å². The molecule has 0 bridgehead atoms. The molecule has 0 atom stereocenters. The monoisotopic (exact) mass is 236 g/mol. The van der Waals surface area contributed by atoms with Crippen molar-refractivity contribution in [3.8, 4) is 5.82 Å². The van der Waals surface area contributed by atoms with Crippen LogP contribution in [0.3, 0.4) is 0 Å². The molecule has 0 aliphatic carbocycles. The van der Waals surface area contributed by atoms with E-state index in [1.165, 1.54) is 11.0 Å². The molecule has 16 heavy (non-hydrogen) atoms. The Morgan fingerprint density at radius 2 is 2.38 bits per heavy atom. The summed E-state index contributed by atoms with van der Waals surface area (Å²) >= 11 is 6.05. The van der Waals surface area contributed by atoms with E-state index in [0.29, 0.717) is 29.8 Å². The molecule has 0 aromatic carbocycles. The van der Waals surface area contributed by atoms with Gasteiger partial charge in [-0.05, 0) is 6.42 Å². The Labute approximate surface area is 97.1 Å². The highest BCUT2D eigenvalue weighted by atomic mass is 35.5. The summed E-state index contributed by atoms with van der Waals surface area (Å²) in [4.78, 5) is 18.7. The number of hydrogen-bond donors (Lipinski definition) is 0. The van der Waals surface area contributed by atoms with Crippen LogP contribution in [0.1, 0.15) is 23.0 Å². The molecule has 0 aliphatic rings. The molecular formula is C10H9ClN4O. The van der Waals surface area contributed by atoms with Gasteiger partial charge in [0.2, 0.25) is 0 Å². The van der Waals surface area contributed by atoms with Crippen LogP contribution in [-0.2, 0) is 6.42 Å². The van der Waals surface area contributed by atoms with E-state index in [2.05, 4.69) is 15.1 Å². The van der Waals surface area contributed by atoms with E-state index in [-0.39, 0.29) is 5.15 Å². The summed E-state index contributed by atoms with van der Waals surface area (Å²) < 4.78 is 1.44. The van der Waals surface area contributed by atoms with E-state index >= 15 is 0 Å². The minimum absolute atomic E-state index is 0.283. The number of aromatic nitrogens is 4. The molecule has 2 heterocycles. The van der Waals surface area contributed by atoms with Gasteiger partial charge in [0.15, 0.2) is 12.1 Å². The second-order valence-corrected chi connectivity index (χ2v) is 3.46. The van der Waals surface area contributed by atoms with Crippen LogP contribution in [0.15, 0.2) is 18.6 Å². The van der Waals surface area contributed by atoms with E-state index in [0.717, 1.165) is 0 Å². The Balaban J connectivity index is 2.59. The number of aldehydes is 1. The van der Waals surface area contributed by atoms with Gasteiger partial charge in [0, 0.05) is 12.3 Å². The van der Waals surface area contributed by atoms with Gasteiger partial charge in [-0.2, -0.15) is 5.10 Å². The highest BCUT2D eigenvalue weighted by Crippen LogP contribution is 2.21. The minimum Gasteiger partial charge on any atom is -0.298 e. The molecule has 82 valence electrons. The predicted molar refractivity (Wildman–Crippen MR) is 58.9 cm³/mol. The quantitative estimate of drug-likeness (QED) is 0.761. The lowest BCUT2D eigenvalue weighted by Crippen LogP contribution is -2.00. The van der Waals surface area contributed by atoms with Crippen molar-refractivity contribution in [1.82, 2.24) is 19.7 Å². The van der Waals surface area contributed by atoms with Gasteiger partial charge in [-0.15, -0.1) is 0 Å². The molecule has 0 N–H and O–H groups in total. The Hall–Kier alpha value is -1.75. The van der Waals surface area contributed by atoms with Crippen LogP contribution < -0.4 is 0 Å². The maximum absolute atomic E-state index is 10.9. The maximum Gasteiger partial charge on any atom is 0.158 e. The Bertz CT molecular complexity index is 509. The molecule has 6 heteroatoms. The molecule has 2 rings (SSSR count). The fraction of sp³-hybridized carbons (Fsp3) is 0.200. The fourth-order valence-corrected chi connectivity index (χ4v) is 1.67. The van der Waals surface area contributed by atoms with E-state index in [9.17, 15) is 4.79 Å². The van der Waals surface area contributed by atoms with Gasteiger partial charge < -0.3 is 0 Å². The maximum atomic E-state index is 10.9. The van der Waals surface area contributed by atoms with Gasteiger partial charge in [-0.3, -0.25) is 4.79 Å². The molecular weight excluding hydrogens is 228 g/mol. The lowest BCUT2D eigenvalue weighted by atomic mass is 10.2. The third kappa shape index (κ3) is 1.69. The lowest BCUT2D eigenvalue weighted by molar-refractivity contribution is 0.112. The van der Waals surface area contributed by atoms with E-state index in [4.69, 9.17) is 11.6 Å². The standard InChI is InChI=1S/C10H9ClN4O/c1-2-8-7(5-16)10(11)15(14-8)9-3-4-12-6-13-9/h3-6H,2H2,1H3. The number of aryl methyl sites for hydroxylation is 1. The zero-order chi connectivity index (χ0) is 11.5. The third-order valence-corrected chi connectivity index (χ3v) is 2.54. The van der Waals surface area contributed by atoms with Gasteiger partial charge >= 0.3 is 0 Å². The number of rotatable bonds is 3. The molecule has 0 aliphatic heterocycles. The second-order valence-electron chi connectivity index (χ2n) is 3.10. The molecule has 0 amide bonds. The average Bonchev–Trinajstić information content (AvgIpc) is 2.66. The first kappa shape index (κ1) is 10.8. The first-order valence-electron chi connectivity index (χ1n) is 4.77. The Morgan fingerprint density at radius 3 is 2.88 bits per heavy atom. The SMILES string of the molecule is CCc1nn(-c2ccncn2)c(Cl)c1C=O. The van der Waals surface area contributed by atoms with Gasteiger partial charge in [0.05, 0.1) is 11.3 Å². The first-order valence-corrected chi connectivity index (χ1v) is 5.14. The van der Waals surface area contributed by atoms with Crippen LogP contribution in [0.2, 0.25) is 5.15 Å². The van der Waals surface area contributed by atoms with Crippen LogP contribution in [0.25, 0.3) is 5.82 Å². The van der Waals surface area contributed by atoms with E-state index in [1.54, 1.807) is 12.3 Å². The van der Waals surface area contributed by atoms with E-state index < -0.39 is 0 Å². The van der Waals surface area contributed by atoms with Crippen LogP contribution >= 0.6 is 11.6 Å². The summed E-state index contributed by atoms with van der Waals surface area (Å²) in [6.45, 7) is 1.91. The summed E-state index contributed by atoms with van der Waals surface area (Å²) in [5, 5.41) is 4.52. The van der Waals surface area contributed by atoms with Gasteiger partial charge in [0.1, 0.15) is 11.5 Å². The highest BCUT2D eigenvalue weighted by Gasteiger charge is 2.15. The summed E-state index contributed by atoms with van der Waals surface area (Å²) in [6.07, 6.45) is 4.35. The normalized spacial score (nSPS) is 10.4. The molecule has 0 spiro atoms. The molecule has 0 unspecified atom stereocenters. The van der Waals surface area contributed by atoms with Crippen LogP contribution in [0.4, 0.5) is 0 Å². The van der Waals surface area contributed by atoms with Crippen LogP contribution in [-0.4, -0.2) is 26.0 Å². The lowest BCUT2D eigenvalue weighted by Gasteiger charge is -1.99. The summed E-state index contributed by atoms with van der Waals surface area (Å²) in [5.74, 6) is 0.544. The molecule has 2 aromatic rings. The molecule has 0 fully saturated rings. The molecule has 0 radical (unpaired) electrons. The van der Waals surface area contributed by atoms with Crippen molar-refractivity contribution in [2.75, 3.05) is 0 Å². The highest BCUT2D eigenvalue weighted by molar-refractivity contribution is 6.32. The van der Waals surface area contributed by atoms with Crippen molar-refractivity contribution in [2.45, 2.75) is 13.3 Å². The van der Waals surface area contributed by atoms with Crippen molar-refractivity contribution in [3.05, 3.63) is 35.0 Å². The number of hydrogen-bond acceptors (Lipinski definition) is 4. The van der Waals surface area contributed by atoms with Gasteiger partial charge in [0.25, 0.3) is 0 Å².